The van der Waals surface area contributed by atoms with Crippen molar-refractivity contribution in [1.82, 2.24) is 14.6 Å². The normalized spacial score (nSPS) is 12.5. The highest BCUT2D eigenvalue weighted by Gasteiger charge is 2.09. The van der Waals surface area contributed by atoms with E-state index in [1.54, 1.807) is 36.4 Å². The molecular formula is C19H11ClFN3OS. The minimum absolute atomic E-state index is 0.313. The Morgan fingerprint density at radius 1 is 1.08 bits per heavy atom. The molecule has 0 atom stereocenters. The quantitative estimate of drug-likeness (QED) is 0.542. The van der Waals surface area contributed by atoms with Gasteiger partial charge in [-0.15, -0.1) is 5.10 Å². The molecule has 4 aromatic rings. The molecular weight excluding hydrogens is 373 g/mol. The lowest BCUT2D eigenvalue weighted by Crippen LogP contribution is -2.23. The maximum Gasteiger partial charge on any atom is 0.291 e. The molecule has 26 heavy (non-hydrogen) atoms. The molecule has 7 heteroatoms. The molecule has 0 saturated carbocycles. The predicted octanol–water partition coefficient (Wildman–Crippen LogP) is 3.66. The van der Waals surface area contributed by atoms with E-state index in [2.05, 4.69) is 10.1 Å². The van der Waals surface area contributed by atoms with E-state index >= 15 is 0 Å². The van der Waals surface area contributed by atoms with E-state index in [1.807, 2.05) is 18.2 Å². The average molecular weight is 384 g/mol. The second-order valence-corrected chi connectivity index (χ2v) is 6.93. The number of rotatable bonds is 3. The zero-order valence-corrected chi connectivity index (χ0v) is 14.8. The largest absolute Gasteiger partial charge is 0.291 e. The summed E-state index contributed by atoms with van der Waals surface area (Å²) < 4.78 is 15.4. The third kappa shape index (κ3) is 3.29. The topological polar surface area (TPSA) is 47.3 Å². The van der Waals surface area contributed by atoms with Gasteiger partial charge in [0.25, 0.3) is 5.56 Å². The van der Waals surface area contributed by atoms with Crippen LogP contribution < -0.4 is 10.1 Å². The molecule has 0 fully saturated rings. The summed E-state index contributed by atoms with van der Waals surface area (Å²) in [5.41, 5.74) is 0.993. The van der Waals surface area contributed by atoms with Crippen LogP contribution in [0.2, 0.25) is 5.02 Å². The average Bonchev–Trinajstić information content (AvgIpc) is 3.16. The summed E-state index contributed by atoms with van der Waals surface area (Å²) >= 11 is 7.03. The number of fused-ring (bicyclic) bond motifs is 1. The maximum atomic E-state index is 13.8. The first-order valence-electron chi connectivity index (χ1n) is 7.70. The van der Waals surface area contributed by atoms with Crippen LogP contribution in [0.1, 0.15) is 17.0 Å². The number of thiazole rings is 1. The highest BCUT2D eigenvalue weighted by molar-refractivity contribution is 7.15. The Labute approximate surface area is 156 Å². The molecule has 0 amide bonds. The van der Waals surface area contributed by atoms with Gasteiger partial charge in [-0.3, -0.25) is 4.79 Å². The van der Waals surface area contributed by atoms with Gasteiger partial charge in [0.2, 0.25) is 4.96 Å². The van der Waals surface area contributed by atoms with Gasteiger partial charge >= 0.3 is 0 Å². The summed E-state index contributed by atoms with van der Waals surface area (Å²) in [5, 5.41) is 4.87. The fraction of sp³-hybridized carbons (Fsp3) is 0. The van der Waals surface area contributed by atoms with Crippen molar-refractivity contribution in [2.45, 2.75) is 0 Å². The van der Waals surface area contributed by atoms with Gasteiger partial charge in [0.1, 0.15) is 5.82 Å². The molecule has 0 aliphatic carbocycles. The van der Waals surface area contributed by atoms with Crippen LogP contribution in [0.25, 0.3) is 23.2 Å². The number of halogens is 2. The fourth-order valence-corrected chi connectivity index (χ4v) is 3.43. The minimum Gasteiger partial charge on any atom is -0.266 e. The Morgan fingerprint density at radius 2 is 1.85 bits per heavy atom. The Bertz CT molecular complexity index is 1230. The number of hydrogen-bond acceptors (Lipinski definition) is 4. The highest BCUT2D eigenvalue weighted by Crippen LogP contribution is 2.12. The van der Waals surface area contributed by atoms with Crippen molar-refractivity contribution >= 4 is 46.1 Å². The van der Waals surface area contributed by atoms with Crippen molar-refractivity contribution in [3.05, 3.63) is 91.2 Å². The molecule has 0 unspecified atom stereocenters. The Morgan fingerprint density at radius 3 is 2.58 bits per heavy atom. The lowest BCUT2D eigenvalue weighted by molar-refractivity contribution is 0.625. The van der Waals surface area contributed by atoms with Crippen LogP contribution in [-0.4, -0.2) is 14.6 Å². The lowest BCUT2D eigenvalue weighted by atomic mass is 10.2. The molecule has 0 aliphatic rings. The van der Waals surface area contributed by atoms with E-state index < -0.39 is 0 Å². The second-order valence-electron chi connectivity index (χ2n) is 5.49. The van der Waals surface area contributed by atoms with Gasteiger partial charge in [-0.25, -0.2) is 4.39 Å². The maximum absolute atomic E-state index is 13.8. The monoisotopic (exact) mass is 383 g/mol. The van der Waals surface area contributed by atoms with Crippen LogP contribution in [0.4, 0.5) is 4.39 Å². The third-order valence-corrected chi connectivity index (χ3v) is 4.90. The van der Waals surface area contributed by atoms with Crippen LogP contribution in [0, 0.1) is 5.82 Å². The molecule has 4 nitrogen and oxygen atoms in total. The lowest BCUT2D eigenvalue weighted by Gasteiger charge is -1.92. The van der Waals surface area contributed by atoms with Crippen molar-refractivity contribution in [2.75, 3.05) is 0 Å². The van der Waals surface area contributed by atoms with Gasteiger partial charge in [0, 0.05) is 10.6 Å². The summed E-state index contributed by atoms with van der Waals surface area (Å²) in [6.07, 6.45) is 5.08. The van der Waals surface area contributed by atoms with E-state index in [-0.39, 0.29) is 11.4 Å². The standard InChI is InChI=1S/C19H11ClFN3OS/c20-14-8-5-12(6-9-14)7-10-17-22-19-24(23-17)18(25)16(26-19)11-13-3-1-2-4-15(13)21/h1-11H. The van der Waals surface area contributed by atoms with Gasteiger partial charge in [-0.2, -0.15) is 9.50 Å². The van der Waals surface area contributed by atoms with E-state index in [0.717, 1.165) is 5.56 Å². The first-order valence-corrected chi connectivity index (χ1v) is 8.89. The summed E-state index contributed by atoms with van der Waals surface area (Å²) in [7, 11) is 0. The third-order valence-electron chi connectivity index (χ3n) is 3.68. The molecule has 0 N–H and O–H groups in total. The first kappa shape index (κ1) is 16.6. The van der Waals surface area contributed by atoms with Gasteiger partial charge < -0.3 is 0 Å². The second kappa shape index (κ2) is 6.82. The zero-order valence-electron chi connectivity index (χ0n) is 13.3. The molecule has 2 heterocycles. The Hall–Kier alpha value is -2.83. The first-order chi connectivity index (χ1) is 12.6. The van der Waals surface area contributed by atoms with Crippen molar-refractivity contribution in [3.8, 4) is 0 Å². The zero-order chi connectivity index (χ0) is 18.1. The van der Waals surface area contributed by atoms with Crippen molar-refractivity contribution < 1.29 is 4.39 Å². The molecule has 2 aromatic carbocycles. The highest BCUT2D eigenvalue weighted by atomic mass is 35.5. The molecule has 0 aliphatic heterocycles. The number of nitrogens with zero attached hydrogens (tertiary/aromatic N) is 3. The van der Waals surface area contributed by atoms with Crippen LogP contribution in [0.15, 0.2) is 53.3 Å². The van der Waals surface area contributed by atoms with Gasteiger partial charge in [0.05, 0.1) is 4.53 Å². The Kier molecular flexibility index (Phi) is 4.36. The van der Waals surface area contributed by atoms with E-state index in [4.69, 9.17) is 11.6 Å². The number of benzene rings is 2. The van der Waals surface area contributed by atoms with Crippen LogP contribution >= 0.6 is 22.9 Å². The SMILES string of the molecule is O=c1c(=Cc2ccccc2F)sc2nc(C=Cc3ccc(Cl)cc3)nn12. The van der Waals surface area contributed by atoms with Gasteiger partial charge in [0.15, 0.2) is 5.82 Å². The van der Waals surface area contributed by atoms with Crippen molar-refractivity contribution in [3.63, 3.8) is 0 Å². The van der Waals surface area contributed by atoms with E-state index in [9.17, 15) is 9.18 Å². The molecule has 128 valence electrons. The summed E-state index contributed by atoms with van der Waals surface area (Å²) in [5.74, 6) is 0.0539. The van der Waals surface area contributed by atoms with Gasteiger partial charge in [-0.05, 0) is 35.9 Å². The molecule has 0 radical (unpaired) electrons. The number of hydrogen-bond donors (Lipinski definition) is 0. The van der Waals surface area contributed by atoms with E-state index in [0.29, 0.717) is 25.9 Å². The minimum atomic E-state index is -0.377. The van der Waals surface area contributed by atoms with Crippen LogP contribution in [-0.2, 0) is 0 Å². The summed E-state index contributed by atoms with van der Waals surface area (Å²) in [6.45, 7) is 0. The van der Waals surface area contributed by atoms with Crippen LogP contribution in [0.5, 0.6) is 0 Å². The molecule has 0 saturated heterocycles. The van der Waals surface area contributed by atoms with Gasteiger partial charge in [-0.1, -0.05) is 59.3 Å². The summed E-state index contributed by atoms with van der Waals surface area (Å²) in [4.78, 5) is 17.2. The summed E-state index contributed by atoms with van der Waals surface area (Å²) in [6, 6.07) is 13.6. The Balaban J connectivity index is 1.69. The predicted molar refractivity (Wildman–Crippen MR) is 103 cm³/mol. The smallest absolute Gasteiger partial charge is 0.266 e. The number of aromatic nitrogens is 3. The fourth-order valence-electron chi connectivity index (χ4n) is 2.40. The van der Waals surface area contributed by atoms with Crippen molar-refractivity contribution in [1.29, 1.82) is 0 Å². The van der Waals surface area contributed by atoms with Crippen molar-refractivity contribution in [2.24, 2.45) is 0 Å². The molecule has 4 rings (SSSR count). The molecule has 0 bridgehead atoms. The van der Waals surface area contributed by atoms with E-state index in [1.165, 1.54) is 28.0 Å². The molecule has 0 spiro atoms. The van der Waals surface area contributed by atoms with Crippen LogP contribution in [0.3, 0.4) is 0 Å². The molecule has 2 aromatic heterocycles.